The van der Waals surface area contributed by atoms with E-state index in [1.54, 1.807) is 0 Å². The highest BCUT2D eigenvalue weighted by molar-refractivity contribution is 5.18. The molecule has 3 fully saturated rings. The zero-order valence-corrected chi connectivity index (χ0v) is 10.5. The first kappa shape index (κ1) is 10.9. The van der Waals surface area contributed by atoms with Gasteiger partial charge in [-0.15, -0.1) is 0 Å². The highest BCUT2D eigenvalue weighted by Crippen LogP contribution is 2.63. The fourth-order valence-corrected chi connectivity index (χ4v) is 3.47. The average molecular weight is 249 g/mol. The zero-order chi connectivity index (χ0) is 12.0. The van der Waals surface area contributed by atoms with Crippen LogP contribution in [0, 0.1) is 5.41 Å². The molecular formula is C13H19N3O2. The Bertz CT molecular complexity index is 433. The van der Waals surface area contributed by atoms with Gasteiger partial charge >= 0.3 is 0 Å². The predicted molar refractivity (Wildman–Crippen MR) is 64.4 cm³/mol. The molecule has 18 heavy (non-hydrogen) atoms. The van der Waals surface area contributed by atoms with Crippen molar-refractivity contribution in [2.75, 3.05) is 26.3 Å². The lowest BCUT2D eigenvalue weighted by Crippen LogP contribution is -2.29. The number of aromatic nitrogens is 2. The molecule has 3 heterocycles. The van der Waals surface area contributed by atoms with Crippen molar-refractivity contribution in [2.24, 2.45) is 5.41 Å². The van der Waals surface area contributed by atoms with Crippen LogP contribution < -0.4 is 5.32 Å². The number of hydrogen-bond acceptors (Lipinski definition) is 5. The van der Waals surface area contributed by atoms with E-state index in [4.69, 9.17) is 9.26 Å². The van der Waals surface area contributed by atoms with Gasteiger partial charge in [-0.2, -0.15) is 4.98 Å². The molecule has 0 radical (unpaired) electrons. The Morgan fingerprint density at radius 3 is 2.94 bits per heavy atom. The molecule has 5 heteroatoms. The predicted octanol–water partition coefficient (Wildman–Crippen LogP) is 1.43. The van der Waals surface area contributed by atoms with Crippen LogP contribution in [-0.4, -0.2) is 36.4 Å². The van der Waals surface area contributed by atoms with Crippen molar-refractivity contribution in [3.8, 4) is 0 Å². The molecule has 2 saturated heterocycles. The molecule has 1 aromatic rings. The number of nitrogens with one attached hydrogen (secondary N) is 1. The minimum Gasteiger partial charge on any atom is -0.381 e. The largest absolute Gasteiger partial charge is 0.381 e. The highest BCUT2D eigenvalue weighted by atomic mass is 16.5. The normalized spacial score (nSPS) is 34.0. The number of rotatable bonds is 2. The first-order valence-corrected chi connectivity index (χ1v) is 6.99. The number of nitrogens with zero attached hydrogens (tertiary/aromatic N) is 2. The first-order valence-electron chi connectivity index (χ1n) is 6.99. The Morgan fingerprint density at radius 1 is 1.28 bits per heavy atom. The summed E-state index contributed by atoms with van der Waals surface area (Å²) in [7, 11) is 0. The molecule has 0 bridgehead atoms. The van der Waals surface area contributed by atoms with Gasteiger partial charge in [0.15, 0.2) is 5.82 Å². The lowest BCUT2D eigenvalue weighted by molar-refractivity contribution is 0.192. The second-order valence-corrected chi connectivity index (χ2v) is 5.92. The standard InChI is InChI=1S/C13H19N3O2/c1-6-17-8-9(1)11-15-12(18-16-11)10-7-13(10)2-4-14-5-3-13/h9-10,14H,1-8H2. The van der Waals surface area contributed by atoms with E-state index in [0.717, 1.165) is 44.4 Å². The van der Waals surface area contributed by atoms with Crippen molar-refractivity contribution in [3.05, 3.63) is 11.7 Å². The highest BCUT2D eigenvalue weighted by Gasteiger charge is 2.57. The third-order valence-electron chi connectivity index (χ3n) is 4.84. The lowest BCUT2D eigenvalue weighted by Gasteiger charge is -2.22. The van der Waals surface area contributed by atoms with Gasteiger partial charge in [0, 0.05) is 18.4 Å². The van der Waals surface area contributed by atoms with Crippen LogP contribution >= 0.6 is 0 Å². The Balaban J connectivity index is 1.49. The van der Waals surface area contributed by atoms with Gasteiger partial charge in [0.05, 0.1) is 6.61 Å². The molecule has 2 unspecified atom stereocenters. The third-order valence-corrected chi connectivity index (χ3v) is 4.84. The van der Waals surface area contributed by atoms with Crippen molar-refractivity contribution in [2.45, 2.75) is 37.5 Å². The van der Waals surface area contributed by atoms with Crippen LogP contribution in [0.4, 0.5) is 0 Å². The van der Waals surface area contributed by atoms with Gasteiger partial charge in [-0.25, -0.2) is 0 Å². The van der Waals surface area contributed by atoms with Gasteiger partial charge in [-0.1, -0.05) is 5.16 Å². The van der Waals surface area contributed by atoms with E-state index in [9.17, 15) is 0 Å². The van der Waals surface area contributed by atoms with Crippen LogP contribution in [0.5, 0.6) is 0 Å². The molecule has 5 nitrogen and oxygen atoms in total. The molecule has 98 valence electrons. The molecule has 1 N–H and O–H groups in total. The minimum absolute atomic E-state index is 0.352. The van der Waals surface area contributed by atoms with Gasteiger partial charge in [0.1, 0.15) is 0 Å². The maximum atomic E-state index is 5.49. The fourth-order valence-electron chi connectivity index (χ4n) is 3.47. The van der Waals surface area contributed by atoms with E-state index in [-0.39, 0.29) is 0 Å². The maximum absolute atomic E-state index is 5.49. The SMILES string of the molecule is C1CC2(CCN1)CC2c1nc(C2CCOC2)no1. The minimum atomic E-state index is 0.352. The molecule has 0 amide bonds. The third kappa shape index (κ3) is 1.68. The Morgan fingerprint density at radius 2 is 2.17 bits per heavy atom. The van der Waals surface area contributed by atoms with E-state index in [0.29, 0.717) is 17.3 Å². The van der Waals surface area contributed by atoms with Gasteiger partial charge in [0.2, 0.25) is 5.89 Å². The Hall–Kier alpha value is -0.940. The van der Waals surface area contributed by atoms with Crippen LogP contribution in [0.3, 0.4) is 0 Å². The van der Waals surface area contributed by atoms with E-state index in [1.807, 2.05) is 0 Å². The van der Waals surface area contributed by atoms with E-state index in [2.05, 4.69) is 15.5 Å². The summed E-state index contributed by atoms with van der Waals surface area (Å²) < 4.78 is 10.9. The molecule has 3 aliphatic rings. The van der Waals surface area contributed by atoms with Crippen molar-refractivity contribution in [1.82, 2.24) is 15.5 Å². The smallest absolute Gasteiger partial charge is 0.230 e. The van der Waals surface area contributed by atoms with E-state index in [1.165, 1.54) is 19.3 Å². The summed E-state index contributed by atoms with van der Waals surface area (Å²) in [6.07, 6.45) is 4.76. The molecule has 2 atom stereocenters. The summed E-state index contributed by atoms with van der Waals surface area (Å²) in [6.45, 7) is 3.84. The van der Waals surface area contributed by atoms with Crippen LogP contribution in [-0.2, 0) is 4.74 Å². The summed E-state index contributed by atoms with van der Waals surface area (Å²) in [5.74, 6) is 2.60. The number of piperidine rings is 1. The summed E-state index contributed by atoms with van der Waals surface area (Å²) in [4.78, 5) is 4.63. The van der Waals surface area contributed by atoms with Crippen LogP contribution in [0.1, 0.15) is 49.2 Å². The van der Waals surface area contributed by atoms with E-state index >= 15 is 0 Å². The van der Waals surface area contributed by atoms with Crippen LogP contribution in [0.2, 0.25) is 0 Å². The summed E-state index contributed by atoms with van der Waals surface area (Å²) in [5, 5.41) is 7.57. The topological polar surface area (TPSA) is 60.2 Å². The molecule has 0 aromatic carbocycles. The average Bonchev–Trinajstić information content (AvgIpc) is 2.86. The summed E-state index contributed by atoms with van der Waals surface area (Å²) in [5.41, 5.74) is 0.473. The van der Waals surface area contributed by atoms with Gasteiger partial charge < -0.3 is 14.6 Å². The second kappa shape index (κ2) is 4.03. The Labute approximate surface area is 106 Å². The molecule has 1 aromatic heterocycles. The molecule has 1 aliphatic carbocycles. The summed E-state index contributed by atoms with van der Waals surface area (Å²) in [6, 6.07) is 0. The molecule has 1 saturated carbocycles. The quantitative estimate of drug-likeness (QED) is 0.859. The number of ether oxygens (including phenoxy) is 1. The van der Waals surface area contributed by atoms with E-state index < -0.39 is 0 Å². The zero-order valence-electron chi connectivity index (χ0n) is 10.5. The van der Waals surface area contributed by atoms with Gasteiger partial charge in [0.25, 0.3) is 0 Å². The number of hydrogen-bond donors (Lipinski definition) is 1. The van der Waals surface area contributed by atoms with Crippen LogP contribution in [0.15, 0.2) is 4.52 Å². The van der Waals surface area contributed by atoms with Crippen molar-refractivity contribution in [3.63, 3.8) is 0 Å². The fraction of sp³-hybridized carbons (Fsp3) is 0.846. The monoisotopic (exact) mass is 249 g/mol. The van der Waals surface area contributed by atoms with Crippen molar-refractivity contribution in [1.29, 1.82) is 0 Å². The first-order chi connectivity index (χ1) is 8.87. The second-order valence-electron chi connectivity index (χ2n) is 5.92. The summed E-state index contributed by atoms with van der Waals surface area (Å²) >= 11 is 0. The van der Waals surface area contributed by atoms with Crippen molar-refractivity contribution < 1.29 is 9.26 Å². The van der Waals surface area contributed by atoms with Crippen LogP contribution in [0.25, 0.3) is 0 Å². The van der Waals surface area contributed by atoms with Crippen molar-refractivity contribution >= 4 is 0 Å². The Kier molecular flexibility index (Phi) is 2.45. The van der Waals surface area contributed by atoms with Gasteiger partial charge in [-0.3, -0.25) is 0 Å². The molecule has 4 rings (SSSR count). The molecule has 2 aliphatic heterocycles. The van der Waals surface area contributed by atoms with Gasteiger partial charge in [-0.05, 0) is 44.2 Å². The molecule has 1 spiro atoms. The molecular weight excluding hydrogens is 230 g/mol. The maximum Gasteiger partial charge on any atom is 0.230 e. The lowest BCUT2D eigenvalue weighted by atomic mass is 9.92.